The van der Waals surface area contributed by atoms with Gasteiger partial charge in [0.15, 0.2) is 6.61 Å². The van der Waals surface area contributed by atoms with Gasteiger partial charge in [-0.15, -0.1) is 0 Å². The fourth-order valence-corrected chi connectivity index (χ4v) is 2.30. The number of nitrogens with two attached hydrogens (primary N) is 1. The number of benzene rings is 2. The monoisotopic (exact) mass is 372 g/mol. The summed E-state index contributed by atoms with van der Waals surface area (Å²) in [7, 11) is 0. The van der Waals surface area contributed by atoms with E-state index in [1.807, 2.05) is 0 Å². The lowest BCUT2D eigenvalue weighted by molar-refractivity contribution is -0.118. The van der Waals surface area contributed by atoms with E-state index in [-0.39, 0.29) is 12.3 Å². The zero-order chi connectivity index (χ0) is 15.4. The van der Waals surface area contributed by atoms with Crippen LogP contribution < -0.4 is 15.8 Å². The zero-order valence-electron chi connectivity index (χ0n) is 10.7. The van der Waals surface area contributed by atoms with Crippen LogP contribution in [-0.4, -0.2) is 12.5 Å². The first-order valence-corrected chi connectivity index (χ1v) is 7.05. The Morgan fingerprint density at radius 1 is 1.33 bits per heavy atom. The van der Waals surface area contributed by atoms with Crippen molar-refractivity contribution in [3.63, 3.8) is 0 Å². The fraction of sp³-hybridized carbons (Fsp3) is 0.0714. The second kappa shape index (κ2) is 6.78. The van der Waals surface area contributed by atoms with Crippen molar-refractivity contribution in [2.24, 2.45) is 0 Å². The largest absolute Gasteiger partial charge is 0.482 e. The minimum Gasteiger partial charge on any atom is -0.482 e. The van der Waals surface area contributed by atoms with E-state index in [1.54, 1.807) is 18.2 Å². The molecule has 0 atom stereocenters. The van der Waals surface area contributed by atoms with Gasteiger partial charge in [-0.2, -0.15) is 0 Å². The summed E-state index contributed by atoms with van der Waals surface area (Å²) < 4.78 is 19.0. The predicted octanol–water partition coefficient (Wildman–Crippen LogP) is 3.84. The lowest BCUT2D eigenvalue weighted by Gasteiger charge is -2.10. The molecule has 0 spiro atoms. The number of carbonyl (C=O) groups is 1. The third-order valence-electron chi connectivity index (χ3n) is 2.54. The molecule has 0 unspecified atom stereocenters. The Morgan fingerprint density at radius 2 is 2.10 bits per heavy atom. The molecule has 0 saturated heterocycles. The number of ether oxygens (including phenoxy) is 1. The van der Waals surface area contributed by atoms with Crippen LogP contribution in [0.2, 0.25) is 5.02 Å². The third-order valence-corrected chi connectivity index (χ3v) is 3.33. The van der Waals surface area contributed by atoms with Crippen LogP contribution >= 0.6 is 27.5 Å². The second-order valence-electron chi connectivity index (χ2n) is 4.14. The number of rotatable bonds is 4. The van der Waals surface area contributed by atoms with E-state index in [4.69, 9.17) is 22.1 Å². The summed E-state index contributed by atoms with van der Waals surface area (Å²) in [6, 6.07) is 8.77. The third kappa shape index (κ3) is 4.34. The molecule has 0 fully saturated rings. The van der Waals surface area contributed by atoms with Crippen molar-refractivity contribution < 1.29 is 13.9 Å². The standard InChI is InChI=1S/C14H11BrClFN2O2/c15-8-1-4-13(10(16)5-8)21-7-14(20)19-12-3-2-9(17)6-11(12)18/h1-6H,7,18H2,(H,19,20). The Morgan fingerprint density at radius 3 is 2.76 bits per heavy atom. The number of halogens is 3. The number of anilines is 2. The first kappa shape index (κ1) is 15.6. The molecule has 0 aliphatic rings. The van der Waals surface area contributed by atoms with Crippen molar-refractivity contribution >= 4 is 44.8 Å². The van der Waals surface area contributed by atoms with Crippen LogP contribution in [-0.2, 0) is 4.79 Å². The molecule has 7 heteroatoms. The summed E-state index contributed by atoms with van der Waals surface area (Å²) in [5, 5.41) is 2.92. The molecular formula is C14H11BrClFN2O2. The highest BCUT2D eigenvalue weighted by atomic mass is 79.9. The van der Waals surface area contributed by atoms with E-state index in [9.17, 15) is 9.18 Å². The molecule has 0 radical (unpaired) electrons. The molecular weight excluding hydrogens is 363 g/mol. The number of nitrogens with one attached hydrogen (secondary N) is 1. The SMILES string of the molecule is Nc1cc(F)ccc1NC(=O)COc1ccc(Br)cc1Cl. The summed E-state index contributed by atoms with van der Waals surface area (Å²) >= 11 is 9.24. The van der Waals surface area contributed by atoms with E-state index < -0.39 is 11.7 Å². The molecule has 1 amide bonds. The maximum Gasteiger partial charge on any atom is 0.262 e. The highest BCUT2D eigenvalue weighted by Gasteiger charge is 2.09. The first-order valence-electron chi connectivity index (χ1n) is 5.88. The van der Waals surface area contributed by atoms with Crippen LogP contribution in [0.4, 0.5) is 15.8 Å². The lowest BCUT2D eigenvalue weighted by Crippen LogP contribution is -2.20. The summed E-state index contributed by atoms with van der Waals surface area (Å²) in [5.74, 6) is -0.502. The Labute approximate surface area is 134 Å². The normalized spacial score (nSPS) is 10.2. The van der Waals surface area contributed by atoms with Gasteiger partial charge in [0.25, 0.3) is 5.91 Å². The van der Waals surface area contributed by atoms with Crippen LogP contribution in [0.25, 0.3) is 0 Å². The van der Waals surface area contributed by atoms with Crippen molar-refractivity contribution in [1.82, 2.24) is 0 Å². The minimum atomic E-state index is -0.469. The van der Waals surface area contributed by atoms with Crippen LogP contribution in [0.3, 0.4) is 0 Å². The van der Waals surface area contributed by atoms with E-state index in [2.05, 4.69) is 21.2 Å². The van der Waals surface area contributed by atoms with Gasteiger partial charge < -0.3 is 15.8 Å². The fourth-order valence-electron chi connectivity index (χ4n) is 1.57. The maximum atomic E-state index is 12.9. The smallest absolute Gasteiger partial charge is 0.262 e. The van der Waals surface area contributed by atoms with Gasteiger partial charge in [0.2, 0.25) is 0 Å². The molecule has 0 heterocycles. The van der Waals surface area contributed by atoms with Crippen molar-refractivity contribution in [2.45, 2.75) is 0 Å². The summed E-state index contributed by atoms with van der Waals surface area (Å²) in [6.07, 6.45) is 0. The summed E-state index contributed by atoms with van der Waals surface area (Å²) in [4.78, 5) is 11.8. The van der Waals surface area contributed by atoms with Crippen LogP contribution in [0.5, 0.6) is 5.75 Å². The highest BCUT2D eigenvalue weighted by Crippen LogP contribution is 2.27. The Balaban J connectivity index is 1.96. The molecule has 2 rings (SSSR count). The predicted molar refractivity (Wildman–Crippen MR) is 84.1 cm³/mol. The molecule has 110 valence electrons. The van der Waals surface area contributed by atoms with Gasteiger partial charge in [-0.25, -0.2) is 4.39 Å². The van der Waals surface area contributed by atoms with Gasteiger partial charge in [-0.05, 0) is 36.4 Å². The molecule has 0 saturated carbocycles. The average Bonchev–Trinajstić information content (AvgIpc) is 2.41. The molecule has 3 N–H and O–H groups in total. The van der Waals surface area contributed by atoms with Gasteiger partial charge in [0.05, 0.1) is 16.4 Å². The average molecular weight is 374 g/mol. The number of amides is 1. The van der Waals surface area contributed by atoms with Gasteiger partial charge in [-0.3, -0.25) is 4.79 Å². The number of hydrogen-bond donors (Lipinski definition) is 2. The molecule has 2 aromatic rings. The van der Waals surface area contributed by atoms with Crippen LogP contribution in [0, 0.1) is 5.82 Å². The van der Waals surface area contributed by atoms with Crippen LogP contribution in [0.15, 0.2) is 40.9 Å². The molecule has 0 aliphatic carbocycles. The molecule has 2 aromatic carbocycles. The lowest BCUT2D eigenvalue weighted by atomic mass is 10.2. The maximum absolute atomic E-state index is 12.9. The topological polar surface area (TPSA) is 64.3 Å². The summed E-state index contributed by atoms with van der Waals surface area (Å²) in [5.41, 5.74) is 6.07. The van der Waals surface area contributed by atoms with Gasteiger partial charge in [-0.1, -0.05) is 27.5 Å². The van der Waals surface area contributed by atoms with Crippen molar-refractivity contribution in [2.75, 3.05) is 17.7 Å². The molecule has 0 bridgehead atoms. The Bertz CT molecular complexity index is 682. The molecule has 0 aromatic heterocycles. The van der Waals surface area contributed by atoms with E-state index in [0.29, 0.717) is 16.5 Å². The molecule has 21 heavy (non-hydrogen) atoms. The Kier molecular flexibility index (Phi) is 5.03. The van der Waals surface area contributed by atoms with Crippen molar-refractivity contribution in [1.29, 1.82) is 0 Å². The van der Waals surface area contributed by atoms with Crippen LogP contribution in [0.1, 0.15) is 0 Å². The van der Waals surface area contributed by atoms with E-state index in [1.165, 1.54) is 12.1 Å². The number of hydrogen-bond acceptors (Lipinski definition) is 3. The second-order valence-corrected chi connectivity index (χ2v) is 5.47. The minimum absolute atomic E-state index is 0.144. The van der Waals surface area contributed by atoms with E-state index in [0.717, 1.165) is 10.5 Å². The Hall–Kier alpha value is -1.79. The van der Waals surface area contributed by atoms with E-state index >= 15 is 0 Å². The quantitative estimate of drug-likeness (QED) is 0.800. The molecule has 0 aliphatic heterocycles. The number of nitrogen functional groups attached to an aromatic ring is 1. The van der Waals surface area contributed by atoms with Crippen molar-refractivity contribution in [3.8, 4) is 5.75 Å². The van der Waals surface area contributed by atoms with Gasteiger partial charge in [0, 0.05) is 4.47 Å². The van der Waals surface area contributed by atoms with Gasteiger partial charge in [0.1, 0.15) is 11.6 Å². The highest BCUT2D eigenvalue weighted by molar-refractivity contribution is 9.10. The first-order chi connectivity index (χ1) is 9.95. The zero-order valence-corrected chi connectivity index (χ0v) is 13.0. The van der Waals surface area contributed by atoms with Crippen molar-refractivity contribution in [3.05, 3.63) is 51.7 Å². The van der Waals surface area contributed by atoms with Gasteiger partial charge >= 0.3 is 0 Å². The molecule has 4 nitrogen and oxygen atoms in total. The number of carbonyl (C=O) groups excluding carboxylic acids is 1. The summed E-state index contributed by atoms with van der Waals surface area (Å²) in [6.45, 7) is -0.238.